The number of fused-ring (bicyclic) bond motifs is 1. The second kappa shape index (κ2) is 5.41. The Bertz CT molecular complexity index is 703. The average molecular weight is 333 g/mol. The number of hydrogen-bond acceptors (Lipinski definition) is 3. The topological polar surface area (TPSA) is 24.9 Å². The molecule has 0 spiro atoms. The Morgan fingerprint density at radius 3 is 2.84 bits per heavy atom. The van der Waals surface area contributed by atoms with E-state index in [0.29, 0.717) is 0 Å². The van der Waals surface area contributed by atoms with E-state index in [-0.39, 0.29) is 6.04 Å². The Hall–Kier alpha value is -1.23. The van der Waals surface area contributed by atoms with Gasteiger partial charge in [0.2, 0.25) is 0 Å². The molecule has 96 valence electrons. The Balaban J connectivity index is 2.16. The van der Waals surface area contributed by atoms with E-state index in [1.165, 1.54) is 21.2 Å². The lowest BCUT2D eigenvalue weighted by Gasteiger charge is -2.17. The number of hydrogen-bond donors (Lipinski definition) is 1. The molecule has 4 heteroatoms. The highest BCUT2D eigenvalue weighted by atomic mass is 79.9. The van der Waals surface area contributed by atoms with Crippen molar-refractivity contribution in [2.45, 2.75) is 6.04 Å². The molecule has 1 N–H and O–H groups in total. The third kappa shape index (κ3) is 2.43. The zero-order valence-electron chi connectivity index (χ0n) is 10.4. The maximum atomic E-state index is 4.19. The molecule has 2 aromatic heterocycles. The van der Waals surface area contributed by atoms with Gasteiger partial charge in [0, 0.05) is 22.7 Å². The van der Waals surface area contributed by atoms with Gasteiger partial charge in [0.1, 0.15) is 0 Å². The van der Waals surface area contributed by atoms with Crippen LogP contribution in [-0.4, -0.2) is 12.0 Å². The first-order valence-corrected chi connectivity index (χ1v) is 7.65. The molecule has 0 radical (unpaired) electrons. The van der Waals surface area contributed by atoms with Crippen molar-refractivity contribution >= 4 is 38.0 Å². The number of pyridine rings is 1. The molecule has 1 atom stereocenters. The van der Waals surface area contributed by atoms with Gasteiger partial charge in [0.25, 0.3) is 0 Å². The Morgan fingerprint density at radius 1 is 1.21 bits per heavy atom. The molecule has 0 amide bonds. The highest BCUT2D eigenvalue weighted by Gasteiger charge is 2.16. The Morgan fingerprint density at radius 2 is 2.11 bits per heavy atom. The third-order valence-electron chi connectivity index (χ3n) is 3.19. The molecule has 0 aliphatic rings. The average Bonchev–Trinajstić information content (AvgIpc) is 2.86. The predicted molar refractivity (Wildman–Crippen MR) is 84.7 cm³/mol. The quantitative estimate of drug-likeness (QED) is 0.770. The van der Waals surface area contributed by atoms with Crippen LogP contribution in [0.2, 0.25) is 0 Å². The minimum absolute atomic E-state index is 0.211. The molecule has 3 rings (SSSR count). The van der Waals surface area contributed by atoms with Gasteiger partial charge in [-0.3, -0.25) is 4.98 Å². The summed E-state index contributed by atoms with van der Waals surface area (Å²) in [6, 6.07) is 12.9. The number of halogens is 1. The smallest absolute Gasteiger partial charge is 0.0702 e. The van der Waals surface area contributed by atoms with Crippen LogP contribution >= 0.6 is 27.3 Å². The zero-order chi connectivity index (χ0) is 13.2. The molecule has 0 saturated heterocycles. The number of aromatic nitrogens is 1. The lowest BCUT2D eigenvalue weighted by atomic mass is 9.99. The van der Waals surface area contributed by atoms with Gasteiger partial charge in [-0.25, -0.2) is 0 Å². The first kappa shape index (κ1) is 12.8. The van der Waals surface area contributed by atoms with Crippen LogP contribution in [0.25, 0.3) is 10.8 Å². The molecular formula is C15H13BrN2S. The summed E-state index contributed by atoms with van der Waals surface area (Å²) in [4.78, 5) is 5.50. The summed E-state index contributed by atoms with van der Waals surface area (Å²) in [6.07, 6.45) is 3.76. The predicted octanol–water partition coefficient (Wildman–Crippen LogP) is 4.37. The summed E-state index contributed by atoms with van der Waals surface area (Å²) >= 11 is 5.30. The van der Waals surface area contributed by atoms with Gasteiger partial charge < -0.3 is 5.32 Å². The first-order chi connectivity index (χ1) is 9.29. The molecule has 3 aromatic rings. The summed E-state index contributed by atoms with van der Waals surface area (Å²) in [6.45, 7) is 0. The van der Waals surface area contributed by atoms with Crippen molar-refractivity contribution in [1.82, 2.24) is 10.3 Å². The molecule has 0 fully saturated rings. The second-order valence-corrected chi connectivity index (χ2v) is 6.80. The summed E-state index contributed by atoms with van der Waals surface area (Å²) in [5.41, 5.74) is 1.29. The van der Waals surface area contributed by atoms with Crippen LogP contribution in [0.4, 0.5) is 0 Å². The van der Waals surface area contributed by atoms with Gasteiger partial charge in [-0.15, -0.1) is 11.3 Å². The number of benzene rings is 1. The molecule has 1 unspecified atom stereocenters. The molecule has 0 aliphatic heterocycles. The molecule has 19 heavy (non-hydrogen) atoms. The van der Waals surface area contributed by atoms with Crippen molar-refractivity contribution < 1.29 is 0 Å². The lowest BCUT2D eigenvalue weighted by molar-refractivity contribution is 0.709. The fourth-order valence-corrected chi connectivity index (χ4v) is 3.89. The largest absolute Gasteiger partial charge is 0.309 e. The molecular weight excluding hydrogens is 320 g/mol. The van der Waals surface area contributed by atoms with E-state index in [2.05, 4.69) is 62.6 Å². The highest BCUT2D eigenvalue weighted by molar-refractivity contribution is 9.11. The first-order valence-electron chi connectivity index (χ1n) is 6.05. The van der Waals surface area contributed by atoms with E-state index in [1.54, 1.807) is 11.3 Å². The van der Waals surface area contributed by atoms with Gasteiger partial charge in [-0.1, -0.05) is 18.2 Å². The maximum absolute atomic E-state index is 4.19. The van der Waals surface area contributed by atoms with Crippen molar-refractivity contribution in [1.29, 1.82) is 0 Å². The SMILES string of the molecule is CNC(c1ccc(Br)s1)c1cccc2cnccc12. The van der Waals surface area contributed by atoms with E-state index in [4.69, 9.17) is 0 Å². The summed E-state index contributed by atoms with van der Waals surface area (Å²) in [5, 5.41) is 5.84. The van der Waals surface area contributed by atoms with Gasteiger partial charge in [0.15, 0.2) is 0 Å². The van der Waals surface area contributed by atoms with Gasteiger partial charge in [0.05, 0.1) is 9.83 Å². The lowest BCUT2D eigenvalue weighted by Crippen LogP contribution is -2.16. The van der Waals surface area contributed by atoms with Crippen LogP contribution in [-0.2, 0) is 0 Å². The van der Waals surface area contributed by atoms with Gasteiger partial charge >= 0.3 is 0 Å². The summed E-state index contributed by atoms with van der Waals surface area (Å²) in [7, 11) is 2.00. The molecule has 2 nitrogen and oxygen atoms in total. The van der Waals surface area contributed by atoms with Crippen molar-refractivity contribution in [3.63, 3.8) is 0 Å². The molecule has 2 heterocycles. The van der Waals surface area contributed by atoms with Crippen LogP contribution in [0.1, 0.15) is 16.5 Å². The van der Waals surface area contributed by atoms with Crippen LogP contribution in [0.15, 0.2) is 52.6 Å². The van der Waals surface area contributed by atoms with Crippen LogP contribution in [0.3, 0.4) is 0 Å². The van der Waals surface area contributed by atoms with Crippen molar-refractivity contribution in [3.05, 3.63) is 63.0 Å². The van der Waals surface area contributed by atoms with E-state index in [9.17, 15) is 0 Å². The fraction of sp³-hybridized carbons (Fsp3) is 0.133. The maximum Gasteiger partial charge on any atom is 0.0702 e. The monoisotopic (exact) mass is 332 g/mol. The van der Waals surface area contributed by atoms with Gasteiger partial charge in [-0.05, 0) is 52.1 Å². The number of rotatable bonds is 3. The third-order valence-corrected chi connectivity index (χ3v) is 4.88. The number of nitrogens with zero attached hydrogens (tertiary/aromatic N) is 1. The van der Waals surface area contributed by atoms with Crippen molar-refractivity contribution in [2.75, 3.05) is 7.05 Å². The zero-order valence-corrected chi connectivity index (χ0v) is 12.8. The van der Waals surface area contributed by atoms with Crippen LogP contribution in [0, 0.1) is 0 Å². The van der Waals surface area contributed by atoms with E-state index in [0.717, 1.165) is 3.79 Å². The normalized spacial score (nSPS) is 12.7. The Kier molecular flexibility index (Phi) is 3.64. The molecule has 0 saturated carbocycles. The van der Waals surface area contributed by atoms with Crippen molar-refractivity contribution in [2.24, 2.45) is 0 Å². The van der Waals surface area contributed by atoms with E-state index < -0.39 is 0 Å². The van der Waals surface area contributed by atoms with Crippen LogP contribution < -0.4 is 5.32 Å². The molecule has 1 aromatic carbocycles. The number of thiophene rings is 1. The van der Waals surface area contributed by atoms with Crippen molar-refractivity contribution in [3.8, 4) is 0 Å². The molecule has 0 bridgehead atoms. The minimum Gasteiger partial charge on any atom is -0.309 e. The van der Waals surface area contributed by atoms with Crippen LogP contribution in [0.5, 0.6) is 0 Å². The number of nitrogens with one attached hydrogen (secondary N) is 1. The fourth-order valence-electron chi connectivity index (χ4n) is 2.33. The highest BCUT2D eigenvalue weighted by Crippen LogP contribution is 2.33. The summed E-state index contributed by atoms with van der Waals surface area (Å²) in [5.74, 6) is 0. The second-order valence-electron chi connectivity index (χ2n) is 4.31. The van der Waals surface area contributed by atoms with E-state index in [1.807, 2.05) is 19.4 Å². The minimum atomic E-state index is 0.211. The standard InChI is InChI=1S/C15H13BrN2S/c1-17-15(13-5-6-14(16)19-13)12-4-2-3-10-9-18-8-7-11(10)12/h2-9,15,17H,1H3. The van der Waals surface area contributed by atoms with E-state index >= 15 is 0 Å². The Labute approximate surface area is 124 Å². The summed E-state index contributed by atoms with van der Waals surface area (Å²) < 4.78 is 1.16. The van der Waals surface area contributed by atoms with Gasteiger partial charge in [-0.2, -0.15) is 0 Å². The molecule has 0 aliphatic carbocycles.